The molecule has 0 spiro atoms. The van der Waals surface area contributed by atoms with E-state index < -0.39 is 11.1 Å². The standard InChI is InChI=1S/C18H15FN6OS/c1-10-5-6-13(19)12(8-10)15-21-18(26-24-15)14(27)17-23-22-16(25(17)2)11-4-3-7-20-9-11/h3-9,14,27H,1-2H3. The third kappa shape index (κ3) is 3.21. The van der Waals surface area contributed by atoms with E-state index in [1.807, 2.05) is 26.1 Å². The Kier molecular flexibility index (Phi) is 4.44. The van der Waals surface area contributed by atoms with Crippen LogP contribution in [-0.2, 0) is 7.05 Å². The van der Waals surface area contributed by atoms with E-state index in [1.165, 1.54) is 6.07 Å². The highest BCUT2D eigenvalue weighted by molar-refractivity contribution is 7.80. The van der Waals surface area contributed by atoms with Gasteiger partial charge in [-0.15, -0.1) is 10.2 Å². The smallest absolute Gasteiger partial charge is 0.247 e. The zero-order chi connectivity index (χ0) is 19.0. The Labute approximate surface area is 159 Å². The lowest BCUT2D eigenvalue weighted by atomic mass is 10.1. The second kappa shape index (κ2) is 6.92. The molecule has 0 aliphatic heterocycles. The minimum atomic E-state index is -0.609. The van der Waals surface area contributed by atoms with Crippen molar-refractivity contribution < 1.29 is 8.91 Å². The highest BCUT2D eigenvalue weighted by Gasteiger charge is 2.25. The van der Waals surface area contributed by atoms with Crippen molar-refractivity contribution in [3.63, 3.8) is 0 Å². The van der Waals surface area contributed by atoms with Crippen LogP contribution < -0.4 is 0 Å². The van der Waals surface area contributed by atoms with Gasteiger partial charge in [-0.3, -0.25) is 4.98 Å². The van der Waals surface area contributed by atoms with E-state index in [0.29, 0.717) is 11.6 Å². The SMILES string of the molecule is Cc1ccc(F)c(-c2noc(C(S)c3nnc(-c4cccnc4)n3C)n2)c1. The van der Waals surface area contributed by atoms with Gasteiger partial charge in [0.2, 0.25) is 11.7 Å². The molecule has 0 bridgehead atoms. The highest BCUT2D eigenvalue weighted by Crippen LogP contribution is 2.30. The molecular formula is C18H15FN6OS. The van der Waals surface area contributed by atoms with Crippen molar-refractivity contribution in [2.45, 2.75) is 12.2 Å². The molecule has 136 valence electrons. The predicted molar refractivity (Wildman–Crippen MR) is 99.5 cm³/mol. The van der Waals surface area contributed by atoms with Crippen LogP contribution in [0.5, 0.6) is 0 Å². The van der Waals surface area contributed by atoms with E-state index in [1.54, 1.807) is 29.1 Å². The van der Waals surface area contributed by atoms with Gasteiger partial charge in [-0.1, -0.05) is 16.8 Å². The first-order chi connectivity index (χ1) is 13.0. The lowest BCUT2D eigenvalue weighted by Crippen LogP contribution is -2.04. The fourth-order valence-electron chi connectivity index (χ4n) is 2.70. The molecule has 0 saturated heterocycles. The Hall–Kier alpha value is -3.07. The summed E-state index contributed by atoms with van der Waals surface area (Å²) in [6.45, 7) is 1.87. The van der Waals surface area contributed by atoms with Gasteiger partial charge in [0.1, 0.15) is 11.1 Å². The Bertz CT molecular complexity index is 1090. The second-order valence-corrected chi connectivity index (χ2v) is 6.54. The van der Waals surface area contributed by atoms with Gasteiger partial charge in [0.05, 0.1) is 5.56 Å². The molecule has 0 N–H and O–H groups in total. The molecule has 4 aromatic rings. The van der Waals surface area contributed by atoms with Crippen LogP contribution in [0.4, 0.5) is 4.39 Å². The Morgan fingerprint density at radius 1 is 1.22 bits per heavy atom. The number of aromatic nitrogens is 6. The molecule has 0 saturated carbocycles. The van der Waals surface area contributed by atoms with Crippen molar-refractivity contribution in [2.24, 2.45) is 7.05 Å². The van der Waals surface area contributed by atoms with Crippen LogP contribution in [-0.4, -0.2) is 29.9 Å². The van der Waals surface area contributed by atoms with E-state index in [-0.39, 0.29) is 17.3 Å². The van der Waals surface area contributed by atoms with E-state index >= 15 is 0 Å². The number of halogens is 1. The maximum Gasteiger partial charge on any atom is 0.247 e. The fraction of sp³-hybridized carbons (Fsp3) is 0.167. The molecule has 0 radical (unpaired) electrons. The number of hydrogen-bond acceptors (Lipinski definition) is 7. The molecule has 1 atom stereocenters. The third-order valence-electron chi connectivity index (χ3n) is 4.11. The lowest BCUT2D eigenvalue weighted by Gasteiger charge is -2.06. The molecule has 1 unspecified atom stereocenters. The Morgan fingerprint density at radius 3 is 2.85 bits per heavy atom. The number of hydrogen-bond donors (Lipinski definition) is 1. The number of benzene rings is 1. The summed E-state index contributed by atoms with van der Waals surface area (Å²) in [5.74, 6) is 1.13. The zero-order valence-electron chi connectivity index (χ0n) is 14.5. The molecule has 7 nitrogen and oxygen atoms in total. The van der Waals surface area contributed by atoms with Gasteiger partial charge in [0.15, 0.2) is 11.6 Å². The second-order valence-electron chi connectivity index (χ2n) is 6.02. The first-order valence-corrected chi connectivity index (χ1v) is 8.64. The molecule has 27 heavy (non-hydrogen) atoms. The minimum absolute atomic E-state index is 0.167. The molecule has 3 aromatic heterocycles. The van der Waals surface area contributed by atoms with Gasteiger partial charge in [-0.2, -0.15) is 17.6 Å². The average molecular weight is 382 g/mol. The quantitative estimate of drug-likeness (QED) is 0.545. The van der Waals surface area contributed by atoms with Crippen LogP contribution in [0.3, 0.4) is 0 Å². The van der Waals surface area contributed by atoms with Crippen molar-refractivity contribution in [1.82, 2.24) is 29.9 Å². The zero-order valence-corrected chi connectivity index (χ0v) is 15.4. The summed E-state index contributed by atoms with van der Waals surface area (Å²) >= 11 is 4.55. The van der Waals surface area contributed by atoms with Crippen molar-refractivity contribution in [3.8, 4) is 22.8 Å². The van der Waals surface area contributed by atoms with E-state index in [0.717, 1.165) is 11.1 Å². The van der Waals surface area contributed by atoms with Gasteiger partial charge >= 0.3 is 0 Å². The lowest BCUT2D eigenvalue weighted by molar-refractivity contribution is 0.381. The van der Waals surface area contributed by atoms with Crippen LogP contribution in [0, 0.1) is 12.7 Å². The van der Waals surface area contributed by atoms with Crippen molar-refractivity contribution in [3.05, 3.63) is 65.8 Å². The molecule has 3 heterocycles. The number of pyridine rings is 1. The van der Waals surface area contributed by atoms with E-state index in [4.69, 9.17) is 4.52 Å². The summed E-state index contributed by atoms with van der Waals surface area (Å²) in [7, 11) is 1.82. The molecule has 9 heteroatoms. The Morgan fingerprint density at radius 2 is 2.07 bits per heavy atom. The highest BCUT2D eigenvalue weighted by atomic mass is 32.1. The summed E-state index contributed by atoms with van der Waals surface area (Å²) in [6.07, 6.45) is 3.39. The van der Waals surface area contributed by atoms with E-state index in [2.05, 4.69) is 38.0 Å². The van der Waals surface area contributed by atoms with Gasteiger partial charge in [0.25, 0.3) is 0 Å². The number of aryl methyl sites for hydroxylation is 1. The third-order valence-corrected chi connectivity index (χ3v) is 4.56. The first-order valence-electron chi connectivity index (χ1n) is 8.12. The molecule has 4 rings (SSSR count). The van der Waals surface area contributed by atoms with Crippen LogP contribution in [0.1, 0.15) is 22.5 Å². The summed E-state index contributed by atoms with van der Waals surface area (Å²) < 4.78 is 21.2. The summed E-state index contributed by atoms with van der Waals surface area (Å²) in [5, 5.41) is 11.7. The normalized spacial score (nSPS) is 12.3. The van der Waals surface area contributed by atoms with Crippen LogP contribution in [0.25, 0.3) is 22.8 Å². The number of thiol groups is 1. The fourth-order valence-corrected chi connectivity index (χ4v) is 3.03. The van der Waals surface area contributed by atoms with Crippen LogP contribution in [0.2, 0.25) is 0 Å². The largest absolute Gasteiger partial charge is 0.337 e. The van der Waals surface area contributed by atoms with Crippen molar-refractivity contribution >= 4 is 12.6 Å². The average Bonchev–Trinajstić information content (AvgIpc) is 3.31. The van der Waals surface area contributed by atoms with E-state index in [9.17, 15) is 4.39 Å². The molecule has 0 fully saturated rings. The predicted octanol–water partition coefficient (Wildman–Crippen LogP) is 3.39. The van der Waals surface area contributed by atoms with Crippen molar-refractivity contribution in [2.75, 3.05) is 0 Å². The molecule has 1 aromatic carbocycles. The maximum atomic E-state index is 14.1. The summed E-state index contributed by atoms with van der Waals surface area (Å²) in [5.41, 5.74) is 2.00. The van der Waals surface area contributed by atoms with Gasteiger partial charge in [-0.25, -0.2) is 4.39 Å². The number of rotatable bonds is 4. The maximum absolute atomic E-state index is 14.1. The number of nitrogens with zero attached hydrogens (tertiary/aromatic N) is 6. The Balaban J connectivity index is 1.67. The summed E-state index contributed by atoms with van der Waals surface area (Å²) in [4.78, 5) is 8.38. The monoisotopic (exact) mass is 382 g/mol. The topological polar surface area (TPSA) is 82.5 Å². The van der Waals surface area contributed by atoms with Crippen molar-refractivity contribution in [1.29, 1.82) is 0 Å². The first kappa shape index (κ1) is 17.3. The molecule has 0 amide bonds. The summed E-state index contributed by atoms with van der Waals surface area (Å²) in [6, 6.07) is 8.44. The van der Waals surface area contributed by atoms with Crippen LogP contribution >= 0.6 is 12.6 Å². The molecular weight excluding hydrogens is 367 g/mol. The van der Waals surface area contributed by atoms with Gasteiger partial charge < -0.3 is 9.09 Å². The molecule has 0 aliphatic rings. The minimum Gasteiger partial charge on any atom is -0.337 e. The van der Waals surface area contributed by atoms with Gasteiger partial charge in [0, 0.05) is 25.0 Å². The van der Waals surface area contributed by atoms with Crippen LogP contribution in [0.15, 0.2) is 47.2 Å². The molecule has 0 aliphatic carbocycles. The van der Waals surface area contributed by atoms with Gasteiger partial charge in [-0.05, 0) is 31.2 Å².